The molecule has 0 aliphatic carbocycles. The van der Waals surface area contributed by atoms with Gasteiger partial charge in [0.15, 0.2) is 0 Å². The fourth-order valence-electron chi connectivity index (χ4n) is 1.37. The Bertz CT molecular complexity index is 387. The number of rotatable bonds is 3. The van der Waals surface area contributed by atoms with E-state index in [-0.39, 0.29) is 6.07 Å². The van der Waals surface area contributed by atoms with Gasteiger partial charge in [0.25, 0.3) is 6.43 Å². The quantitative estimate of drug-likeness (QED) is 0.818. The first-order chi connectivity index (χ1) is 7.77. The van der Waals surface area contributed by atoms with Gasteiger partial charge in [0.05, 0.1) is 11.6 Å². The average molecular weight is 257 g/mol. The molecule has 1 rings (SSSR count). The standard InChI is InChI=1S/C10H9F6N/c1-17-8(9(12)13)6-3-2-5(4-7(6)11)10(14,15)16/h2-4,8-9,17H,1H3. The zero-order valence-corrected chi connectivity index (χ0v) is 8.65. The summed E-state index contributed by atoms with van der Waals surface area (Å²) in [6, 6.07) is -0.129. The van der Waals surface area contributed by atoms with Crippen molar-refractivity contribution in [1.82, 2.24) is 5.32 Å². The van der Waals surface area contributed by atoms with E-state index < -0.39 is 35.6 Å². The molecule has 1 N–H and O–H groups in total. The highest BCUT2D eigenvalue weighted by Crippen LogP contribution is 2.32. The molecule has 0 aliphatic heterocycles. The molecule has 7 heteroatoms. The van der Waals surface area contributed by atoms with Crippen LogP contribution in [0.3, 0.4) is 0 Å². The van der Waals surface area contributed by atoms with E-state index in [0.717, 1.165) is 0 Å². The molecule has 0 fully saturated rings. The van der Waals surface area contributed by atoms with Crippen LogP contribution in [0.15, 0.2) is 18.2 Å². The molecular weight excluding hydrogens is 248 g/mol. The van der Waals surface area contributed by atoms with Crippen LogP contribution in [-0.2, 0) is 6.18 Å². The molecule has 1 atom stereocenters. The number of hydrogen-bond acceptors (Lipinski definition) is 1. The second-order valence-electron chi connectivity index (χ2n) is 3.33. The predicted molar refractivity (Wildman–Crippen MR) is 49.2 cm³/mol. The topological polar surface area (TPSA) is 12.0 Å². The lowest BCUT2D eigenvalue weighted by Gasteiger charge is -2.17. The Morgan fingerprint density at radius 3 is 2.12 bits per heavy atom. The van der Waals surface area contributed by atoms with E-state index in [1.54, 1.807) is 0 Å². The first-order valence-corrected chi connectivity index (χ1v) is 4.59. The zero-order valence-electron chi connectivity index (χ0n) is 8.65. The van der Waals surface area contributed by atoms with Crippen molar-refractivity contribution in [3.63, 3.8) is 0 Å². The van der Waals surface area contributed by atoms with Crippen molar-refractivity contribution in [3.8, 4) is 0 Å². The number of halogens is 6. The maximum atomic E-state index is 13.3. The smallest absolute Gasteiger partial charge is 0.308 e. The van der Waals surface area contributed by atoms with Crippen LogP contribution in [0.5, 0.6) is 0 Å². The second-order valence-corrected chi connectivity index (χ2v) is 3.33. The SMILES string of the molecule is CNC(c1ccc(C(F)(F)F)cc1F)C(F)F. The largest absolute Gasteiger partial charge is 0.416 e. The summed E-state index contributed by atoms with van der Waals surface area (Å²) < 4.78 is 74.8. The van der Waals surface area contributed by atoms with Crippen LogP contribution in [0.25, 0.3) is 0 Å². The molecule has 0 saturated carbocycles. The van der Waals surface area contributed by atoms with E-state index in [2.05, 4.69) is 5.32 Å². The minimum absolute atomic E-state index is 0.210. The van der Waals surface area contributed by atoms with Crippen LogP contribution in [0.2, 0.25) is 0 Å². The lowest BCUT2D eigenvalue weighted by molar-refractivity contribution is -0.137. The molecule has 1 unspecified atom stereocenters. The summed E-state index contributed by atoms with van der Waals surface area (Å²) in [5, 5.41) is 2.15. The summed E-state index contributed by atoms with van der Waals surface area (Å²) in [5.41, 5.74) is -1.70. The summed E-state index contributed by atoms with van der Waals surface area (Å²) in [6.45, 7) is 0. The molecule has 1 aromatic rings. The number of alkyl halides is 5. The molecule has 0 aliphatic rings. The van der Waals surface area contributed by atoms with Crippen molar-refractivity contribution < 1.29 is 26.3 Å². The maximum Gasteiger partial charge on any atom is 0.416 e. The van der Waals surface area contributed by atoms with E-state index in [4.69, 9.17) is 0 Å². The number of hydrogen-bond donors (Lipinski definition) is 1. The van der Waals surface area contributed by atoms with Crippen LogP contribution in [0.4, 0.5) is 26.3 Å². The summed E-state index contributed by atoms with van der Waals surface area (Å²) in [4.78, 5) is 0. The Morgan fingerprint density at radius 1 is 1.18 bits per heavy atom. The monoisotopic (exact) mass is 257 g/mol. The summed E-state index contributed by atoms with van der Waals surface area (Å²) in [7, 11) is 1.17. The van der Waals surface area contributed by atoms with Gasteiger partial charge in [-0.15, -0.1) is 0 Å². The third-order valence-electron chi connectivity index (χ3n) is 2.23. The van der Waals surface area contributed by atoms with Gasteiger partial charge in [0.1, 0.15) is 5.82 Å². The van der Waals surface area contributed by atoms with Gasteiger partial charge in [0.2, 0.25) is 0 Å². The Kier molecular flexibility index (Phi) is 4.03. The molecule has 1 aromatic carbocycles. The summed E-state index contributed by atoms with van der Waals surface area (Å²) >= 11 is 0. The fourth-order valence-corrected chi connectivity index (χ4v) is 1.37. The van der Waals surface area contributed by atoms with Gasteiger partial charge in [-0.05, 0) is 19.2 Å². The molecule has 0 bridgehead atoms. The lowest BCUT2D eigenvalue weighted by atomic mass is 10.0. The highest BCUT2D eigenvalue weighted by atomic mass is 19.4. The van der Waals surface area contributed by atoms with E-state index in [1.807, 2.05) is 0 Å². The molecule has 0 amide bonds. The van der Waals surface area contributed by atoms with E-state index >= 15 is 0 Å². The van der Waals surface area contributed by atoms with Crippen LogP contribution in [0.1, 0.15) is 17.2 Å². The van der Waals surface area contributed by atoms with Crippen molar-refractivity contribution in [2.45, 2.75) is 18.6 Å². The Labute approximate surface area is 93.4 Å². The lowest BCUT2D eigenvalue weighted by Crippen LogP contribution is -2.25. The van der Waals surface area contributed by atoms with Gasteiger partial charge < -0.3 is 5.32 Å². The van der Waals surface area contributed by atoms with Crippen molar-refractivity contribution >= 4 is 0 Å². The van der Waals surface area contributed by atoms with Crippen molar-refractivity contribution in [2.75, 3.05) is 7.05 Å². The normalized spacial score (nSPS) is 14.1. The molecule has 17 heavy (non-hydrogen) atoms. The minimum Gasteiger partial charge on any atom is -0.308 e. The van der Waals surface area contributed by atoms with E-state index in [0.29, 0.717) is 12.1 Å². The van der Waals surface area contributed by atoms with Crippen molar-refractivity contribution in [2.24, 2.45) is 0 Å². The van der Waals surface area contributed by atoms with E-state index in [1.165, 1.54) is 7.05 Å². The highest BCUT2D eigenvalue weighted by Gasteiger charge is 2.32. The molecule has 0 radical (unpaired) electrons. The second kappa shape index (κ2) is 4.95. The predicted octanol–water partition coefficient (Wildman–Crippen LogP) is 3.37. The zero-order chi connectivity index (χ0) is 13.2. The maximum absolute atomic E-state index is 13.3. The van der Waals surface area contributed by atoms with Crippen LogP contribution in [-0.4, -0.2) is 13.5 Å². The van der Waals surface area contributed by atoms with Crippen LogP contribution in [0, 0.1) is 5.82 Å². The Hall–Kier alpha value is -1.24. The minimum atomic E-state index is -4.70. The van der Waals surface area contributed by atoms with Crippen molar-refractivity contribution in [3.05, 3.63) is 35.1 Å². The van der Waals surface area contributed by atoms with E-state index in [9.17, 15) is 26.3 Å². The molecule has 0 aromatic heterocycles. The van der Waals surface area contributed by atoms with Gasteiger partial charge >= 0.3 is 6.18 Å². The number of nitrogens with one attached hydrogen (secondary N) is 1. The third kappa shape index (κ3) is 3.12. The Balaban J connectivity index is 3.13. The van der Waals surface area contributed by atoms with Gasteiger partial charge in [-0.25, -0.2) is 13.2 Å². The van der Waals surface area contributed by atoms with Gasteiger partial charge in [-0.3, -0.25) is 0 Å². The summed E-state index contributed by atoms with van der Waals surface area (Å²) in [5.74, 6) is -1.31. The number of benzene rings is 1. The molecule has 0 heterocycles. The molecule has 0 spiro atoms. The summed E-state index contributed by atoms with van der Waals surface area (Å²) in [6.07, 6.45) is -7.61. The van der Waals surface area contributed by atoms with Crippen LogP contribution < -0.4 is 5.32 Å². The first-order valence-electron chi connectivity index (χ1n) is 4.59. The Morgan fingerprint density at radius 2 is 1.76 bits per heavy atom. The molecular formula is C10H9F6N. The molecule has 96 valence electrons. The van der Waals surface area contributed by atoms with Crippen LogP contribution >= 0.6 is 0 Å². The molecule has 0 saturated heterocycles. The van der Waals surface area contributed by atoms with Crippen molar-refractivity contribution in [1.29, 1.82) is 0 Å². The van der Waals surface area contributed by atoms with Gasteiger partial charge in [-0.2, -0.15) is 13.2 Å². The average Bonchev–Trinajstić information content (AvgIpc) is 2.19. The van der Waals surface area contributed by atoms with Gasteiger partial charge in [-0.1, -0.05) is 6.07 Å². The highest BCUT2D eigenvalue weighted by molar-refractivity contribution is 5.29. The fraction of sp³-hybridized carbons (Fsp3) is 0.400. The third-order valence-corrected chi connectivity index (χ3v) is 2.23. The van der Waals surface area contributed by atoms with Gasteiger partial charge in [0, 0.05) is 5.56 Å². The first kappa shape index (κ1) is 13.8. The molecule has 1 nitrogen and oxygen atoms in total.